The SMILES string of the molecule is COCCC1N=C(C)C(C#N)C(c2ccc(F)c(F)c2Cl)C1(C)C(=O)O. The lowest BCUT2D eigenvalue weighted by molar-refractivity contribution is -0.151. The molecule has 0 amide bonds. The van der Waals surface area contributed by atoms with Crippen LogP contribution in [0.2, 0.25) is 5.02 Å². The van der Waals surface area contributed by atoms with Crippen LogP contribution in [0, 0.1) is 34.3 Å². The van der Waals surface area contributed by atoms with Gasteiger partial charge in [-0.05, 0) is 31.9 Å². The number of carboxylic acids is 1. The van der Waals surface area contributed by atoms with E-state index in [1.165, 1.54) is 20.1 Å². The van der Waals surface area contributed by atoms with Crippen molar-refractivity contribution in [1.82, 2.24) is 0 Å². The van der Waals surface area contributed by atoms with E-state index in [9.17, 15) is 23.9 Å². The lowest BCUT2D eigenvalue weighted by Gasteiger charge is -2.44. The maximum absolute atomic E-state index is 14.0. The minimum atomic E-state index is -1.55. The molecule has 0 fully saturated rings. The molecular formula is C18H19ClF2N2O3. The molecule has 5 nitrogen and oxygen atoms in total. The highest BCUT2D eigenvalue weighted by atomic mass is 35.5. The molecule has 8 heteroatoms. The van der Waals surface area contributed by atoms with Crippen LogP contribution in [0.3, 0.4) is 0 Å². The third-order valence-corrected chi connectivity index (χ3v) is 5.46. The second-order valence-electron chi connectivity index (χ2n) is 6.50. The molecule has 1 N–H and O–H groups in total. The lowest BCUT2D eigenvalue weighted by atomic mass is 9.60. The molecule has 0 bridgehead atoms. The first-order valence-corrected chi connectivity index (χ1v) is 8.37. The van der Waals surface area contributed by atoms with Crippen molar-refractivity contribution in [2.75, 3.05) is 13.7 Å². The highest BCUT2D eigenvalue weighted by molar-refractivity contribution is 6.31. The van der Waals surface area contributed by atoms with E-state index in [-0.39, 0.29) is 12.2 Å². The van der Waals surface area contributed by atoms with Gasteiger partial charge in [-0.2, -0.15) is 5.26 Å². The van der Waals surface area contributed by atoms with Gasteiger partial charge >= 0.3 is 5.97 Å². The van der Waals surface area contributed by atoms with Gasteiger partial charge in [-0.3, -0.25) is 9.79 Å². The first-order valence-electron chi connectivity index (χ1n) is 7.99. The van der Waals surface area contributed by atoms with Crippen LogP contribution >= 0.6 is 11.6 Å². The fourth-order valence-electron chi connectivity index (χ4n) is 3.58. The molecular weight excluding hydrogens is 366 g/mol. The number of nitriles is 1. The molecule has 0 spiro atoms. The van der Waals surface area contributed by atoms with Crippen molar-refractivity contribution < 1.29 is 23.4 Å². The Morgan fingerprint density at radius 2 is 2.15 bits per heavy atom. The zero-order valence-corrected chi connectivity index (χ0v) is 15.3. The van der Waals surface area contributed by atoms with Crippen molar-refractivity contribution in [2.45, 2.75) is 32.2 Å². The summed E-state index contributed by atoms with van der Waals surface area (Å²) >= 11 is 6.00. The average molecular weight is 385 g/mol. The Kier molecular flexibility index (Phi) is 5.99. The fourth-order valence-corrected chi connectivity index (χ4v) is 3.85. The van der Waals surface area contributed by atoms with Gasteiger partial charge in [0.15, 0.2) is 11.6 Å². The van der Waals surface area contributed by atoms with E-state index in [2.05, 4.69) is 11.1 Å². The van der Waals surface area contributed by atoms with Crippen molar-refractivity contribution in [3.8, 4) is 6.07 Å². The summed E-state index contributed by atoms with van der Waals surface area (Å²) in [5, 5.41) is 19.1. The molecule has 1 aliphatic heterocycles. The van der Waals surface area contributed by atoms with Gasteiger partial charge in [0.1, 0.15) is 0 Å². The summed E-state index contributed by atoms with van der Waals surface area (Å²) in [6, 6.07) is 3.47. The third-order valence-electron chi connectivity index (χ3n) is 5.08. The number of carbonyl (C=O) groups is 1. The van der Waals surface area contributed by atoms with E-state index in [4.69, 9.17) is 16.3 Å². The number of methoxy groups -OCH3 is 1. The predicted molar refractivity (Wildman–Crippen MR) is 92.3 cm³/mol. The first kappa shape index (κ1) is 20.3. The molecule has 4 unspecified atom stereocenters. The van der Waals surface area contributed by atoms with Gasteiger partial charge in [-0.25, -0.2) is 8.78 Å². The van der Waals surface area contributed by atoms with Gasteiger partial charge in [0.2, 0.25) is 0 Å². The molecule has 26 heavy (non-hydrogen) atoms. The second-order valence-corrected chi connectivity index (χ2v) is 6.88. The zero-order chi connectivity index (χ0) is 19.6. The molecule has 2 rings (SSSR count). The normalized spacial score (nSPS) is 28.3. The highest BCUT2D eigenvalue weighted by Crippen LogP contribution is 2.51. The van der Waals surface area contributed by atoms with Crippen molar-refractivity contribution in [2.24, 2.45) is 16.3 Å². The Bertz CT molecular complexity index is 793. The molecule has 1 aromatic carbocycles. The van der Waals surface area contributed by atoms with Crippen molar-refractivity contribution in [3.05, 3.63) is 34.4 Å². The van der Waals surface area contributed by atoms with Crippen LogP contribution in [0.4, 0.5) is 8.78 Å². The Balaban J connectivity index is 2.73. The van der Waals surface area contributed by atoms with E-state index >= 15 is 0 Å². The van der Waals surface area contributed by atoms with Crippen LogP contribution < -0.4 is 0 Å². The monoisotopic (exact) mass is 384 g/mol. The van der Waals surface area contributed by atoms with Gasteiger partial charge < -0.3 is 9.84 Å². The van der Waals surface area contributed by atoms with E-state index in [0.717, 1.165) is 6.07 Å². The van der Waals surface area contributed by atoms with Gasteiger partial charge in [-0.15, -0.1) is 0 Å². The van der Waals surface area contributed by atoms with E-state index in [1.807, 2.05) is 0 Å². The highest BCUT2D eigenvalue weighted by Gasteiger charge is 2.55. The van der Waals surface area contributed by atoms with E-state index in [0.29, 0.717) is 12.1 Å². The minimum absolute atomic E-state index is 0.0821. The summed E-state index contributed by atoms with van der Waals surface area (Å²) in [5.74, 6) is -5.52. The summed E-state index contributed by atoms with van der Waals surface area (Å²) in [5.41, 5.74) is -1.04. The maximum atomic E-state index is 14.0. The van der Waals surface area contributed by atoms with Crippen LogP contribution in [-0.4, -0.2) is 36.5 Å². The Hall–Kier alpha value is -2.04. The number of carboxylic acid groups (broad SMARTS) is 1. The summed E-state index contributed by atoms with van der Waals surface area (Å²) in [4.78, 5) is 16.6. The minimum Gasteiger partial charge on any atom is -0.481 e. The molecule has 1 heterocycles. The molecule has 4 atom stereocenters. The van der Waals surface area contributed by atoms with E-state index in [1.54, 1.807) is 6.92 Å². The number of ether oxygens (including phenoxy) is 1. The molecule has 1 aliphatic rings. The number of benzene rings is 1. The van der Waals surface area contributed by atoms with Crippen LogP contribution in [-0.2, 0) is 9.53 Å². The average Bonchev–Trinajstić information content (AvgIpc) is 2.60. The number of aliphatic imine (C=N–C) groups is 1. The summed E-state index contributed by atoms with van der Waals surface area (Å²) in [7, 11) is 1.49. The van der Waals surface area contributed by atoms with Crippen molar-refractivity contribution in [3.63, 3.8) is 0 Å². The van der Waals surface area contributed by atoms with Crippen LogP contribution in [0.15, 0.2) is 17.1 Å². The molecule has 0 aromatic heterocycles. The Morgan fingerprint density at radius 1 is 1.50 bits per heavy atom. The number of halogens is 3. The number of aliphatic carboxylic acids is 1. The van der Waals surface area contributed by atoms with Crippen LogP contribution in [0.25, 0.3) is 0 Å². The fraction of sp³-hybridized carbons (Fsp3) is 0.500. The largest absolute Gasteiger partial charge is 0.481 e. The standard InChI is InChI=1S/C18H19ClF2N2O3/c1-9-11(8-22)14(10-4-5-12(20)16(21)15(10)19)18(2,17(24)25)13(23-9)6-7-26-3/h4-5,11,13-14H,6-7H2,1-3H3,(H,24,25). The smallest absolute Gasteiger partial charge is 0.312 e. The van der Waals surface area contributed by atoms with Crippen LogP contribution in [0.1, 0.15) is 31.7 Å². The summed E-state index contributed by atoms with van der Waals surface area (Å²) in [6.45, 7) is 3.34. The quantitative estimate of drug-likeness (QED) is 0.782. The summed E-state index contributed by atoms with van der Waals surface area (Å²) < 4.78 is 32.6. The zero-order valence-electron chi connectivity index (χ0n) is 14.6. The number of rotatable bonds is 5. The predicted octanol–water partition coefficient (Wildman–Crippen LogP) is 3.81. The van der Waals surface area contributed by atoms with Crippen LogP contribution in [0.5, 0.6) is 0 Å². The molecule has 0 aliphatic carbocycles. The summed E-state index contributed by atoms with van der Waals surface area (Å²) in [6.07, 6.45) is 0.298. The number of hydrogen-bond acceptors (Lipinski definition) is 4. The van der Waals surface area contributed by atoms with Gasteiger partial charge in [0, 0.05) is 25.3 Å². The molecule has 0 saturated heterocycles. The van der Waals surface area contributed by atoms with Gasteiger partial charge in [-0.1, -0.05) is 17.7 Å². The van der Waals surface area contributed by atoms with Crippen molar-refractivity contribution in [1.29, 1.82) is 5.26 Å². The van der Waals surface area contributed by atoms with Crippen molar-refractivity contribution >= 4 is 23.3 Å². The van der Waals surface area contributed by atoms with Gasteiger partial charge in [0.05, 0.1) is 28.5 Å². The second kappa shape index (κ2) is 7.68. The first-order chi connectivity index (χ1) is 12.2. The molecule has 140 valence electrons. The van der Waals surface area contributed by atoms with Gasteiger partial charge in [0.25, 0.3) is 0 Å². The molecule has 0 radical (unpaired) electrons. The number of nitrogens with zero attached hydrogens (tertiary/aromatic N) is 2. The lowest BCUT2D eigenvalue weighted by Crippen LogP contribution is -2.51. The molecule has 1 aromatic rings. The topological polar surface area (TPSA) is 82.7 Å². The maximum Gasteiger partial charge on any atom is 0.312 e. The Morgan fingerprint density at radius 3 is 2.69 bits per heavy atom. The number of hydrogen-bond donors (Lipinski definition) is 1. The third kappa shape index (κ3) is 3.19. The Labute approximate surface area is 155 Å². The molecule has 0 saturated carbocycles. The van der Waals surface area contributed by atoms with E-state index < -0.39 is 45.9 Å².